The summed E-state index contributed by atoms with van der Waals surface area (Å²) in [5.41, 5.74) is 1.60. The molecular weight excluding hydrogens is 468 g/mol. The lowest BCUT2D eigenvalue weighted by molar-refractivity contribution is 0.518. The Balaban J connectivity index is 1.51. The van der Waals surface area contributed by atoms with Gasteiger partial charge in [-0.2, -0.15) is 0 Å². The van der Waals surface area contributed by atoms with Crippen LogP contribution in [-0.2, 0) is 28.9 Å². The zero-order chi connectivity index (χ0) is 22.7. The summed E-state index contributed by atoms with van der Waals surface area (Å²) in [6.45, 7) is 3.46. The van der Waals surface area contributed by atoms with Crippen molar-refractivity contribution in [2.24, 2.45) is 0 Å². The molecule has 0 saturated heterocycles. The van der Waals surface area contributed by atoms with Crippen LogP contribution in [0.2, 0.25) is 0 Å². The third kappa shape index (κ3) is 4.82. The third-order valence-corrected chi connectivity index (χ3v) is 8.57. The highest BCUT2D eigenvalue weighted by atomic mass is 32.2. The highest BCUT2D eigenvalue weighted by molar-refractivity contribution is 8.00. The predicted octanol–water partition coefficient (Wildman–Crippen LogP) is 4.05. The molecule has 0 aliphatic carbocycles. The van der Waals surface area contributed by atoms with Crippen molar-refractivity contribution < 1.29 is 12.8 Å². The summed E-state index contributed by atoms with van der Waals surface area (Å²) in [5, 5.41) is 12.4. The van der Waals surface area contributed by atoms with E-state index in [9.17, 15) is 8.42 Å². The molecule has 1 aromatic carbocycles. The van der Waals surface area contributed by atoms with Crippen molar-refractivity contribution in [3.8, 4) is 0 Å². The molecule has 3 aromatic heterocycles. The number of nitrogens with zero attached hydrogens (tertiary/aromatic N) is 5. The van der Waals surface area contributed by atoms with E-state index in [4.69, 9.17) is 9.40 Å². The van der Waals surface area contributed by atoms with Crippen molar-refractivity contribution in [3.05, 3.63) is 48.2 Å². The van der Waals surface area contributed by atoms with Crippen LogP contribution in [0.5, 0.6) is 0 Å². The van der Waals surface area contributed by atoms with Crippen LogP contribution in [0.1, 0.15) is 24.9 Å². The van der Waals surface area contributed by atoms with E-state index in [0.717, 1.165) is 39.5 Å². The van der Waals surface area contributed by atoms with Gasteiger partial charge in [0.2, 0.25) is 15.2 Å². The lowest BCUT2D eigenvalue weighted by Gasteiger charge is -2.11. The lowest BCUT2D eigenvalue weighted by atomic mass is 10.3. The van der Waals surface area contributed by atoms with E-state index >= 15 is 0 Å². The van der Waals surface area contributed by atoms with E-state index < -0.39 is 10.0 Å². The maximum Gasteiger partial charge on any atom is 0.242 e. The highest BCUT2D eigenvalue weighted by Gasteiger charge is 2.20. The monoisotopic (exact) mass is 492 g/mol. The molecule has 4 aromatic rings. The Morgan fingerprint density at radius 1 is 1.25 bits per heavy atom. The molecule has 9 nitrogen and oxygen atoms in total. The molecule has 3 heterocycles. The second kappa shape index (κ2) is 9.61. The molecule has 0 atom stereocenters. The average Bonchev–Trinajstić information content (AvgIpc) is 3.51. The Bertz CT molecular complexity index is 1300. The van der Waals surface area contributed by atoms with Crippen molar-refractivity contribution in [1.82, 2.24) is 24.1 Å². The van der Waals surface area contributed by atoms with Crippen LogP contribution in [0.15, 0.2) is 50.2 Å². The van der Waals surface area contributed by atoms with E-state index in [0.29, 0.717) is 17.8 Å². The topological polar surface area (TPSA) is 106 Å². The number of hydrogen-bond acceptors (Lipinski definition) is 9. The van der Waals surface area contributed by atoms with Gasteiger partial charge in [-0.25, -0.2) is 17.7 Å². The number of hydrogen-bond donors (Lipinski definition) is 1. The standard InChI is InChI=1S/C20H24N6O3S3/c1-4-9-26-17-8-7-15(32(27,28)25(2)3)11-16(17)22-18(26)13-30-20-24-23-19(31-20)21-12-14-6-5-10-29-14/h5-8,10-11H,4,9,12-13H2,1-3H3,(H,21,23). The Morgan fingerprint density at radius 3 is 2.81 bits per heavy atom. The average molecular weight is 493 g/mol. The number of fused-ring (bicyclic) bond motifs is 1. The second-order valence-electron chi connectivity index (χ2n) is 7.21. The van der Waals surface area contributed by atoms with Crippen molar-refractivity contribution in [3.63, 3.8) is 0 Å². The van der Waals surface area contributed by atoms with Crippen LogP contribution < -0.4 is 5.32 Å². The number of furan rings is 1. The molecule has 0 spiro atoms. The molecule has 0 bridgehead atoms. The van der Waals surface area contributed by atoms with Crippen molar-refractivity contribution in [1.29, 1.82) is 0 Å². The van der Waals surface area contributed by atoms with Gasteiger partial charge in [0.05, 0.1) is 34.5 Å². The van der Waals surface area contributed by atoms with Crippen LogP contribution in [0.25, 0.3) is 11.0 Å². The normalized spacial score (nSPS) is 12.1. The summed E-state index contributed by atoms with van der Waals surface area (Å²) in [7, 11) is -0.460. The van der Waals surface area contributed by atoms with Gasteiger partial charge in [-0.15, -0.1) is 10.2 Å². The van der Waals surface area contributed by atoms with E-state index in [1.54, 1.807) is 30.2 Å². The number of aryl methyl sites for hydroxylation is 1. The first-order chi connectivity index (χ1) is 15.4. The fraction of sp³-hybridized carbons (Fsp3) is 0.350. The number of imidazole rings is 1. The molecule has 0 saturated carbocycles. The SMILES string of the molecule is CCCn1c(CSc2nnc(NCc3ccco3)s2)nc2cc(S(=O)(=O)N(C)C)ccc21. The third-order valence-electron chi connectivity index (χ3n) is 4.75. The van der Waals surface area contributed by atoms with Gasteiger partial charge in [0, 0.05) is 20.6 Å². The molecule has 4 rings (SSSR count). The fourth-order valence-corrected chi connectivity index (χ4v) is 5.77. The minimum absolute atomic E-state index is 0.242. The Morgan fingerprint density at radius 2 is 2.09 bits per heavy atom. The van der Waals surface area contributed by atoms with Crippen LogP contribution in [0.3, 0.4) is 0 Å². The smallest absolute Gasteiger partial charge is 0.242 e. The number of sulfonamides is 1. The van der Waals surface area contributed by atoms with Gasteiger partial charge >= 0.3 is 0 Å². The number of benzene rings is 1. The van der Waals surface area contributed by atoms with Crippen molar-refractivity contribution in [2.45, 2.75) is 41.4 Å². The molecule has 0 aliphatic heterocycles. The fourth-order valence-electron chi connectivity index (χ4n) is 3.16. The molecule has 1 N–H and O–H groups in total. The van der Waals surface area contributed by atoms with Gasteiger partial charge in [-0.3, -0.25) is 0 Å². The van der Waals surface area contributed by atoms with Gasteiger partial charge in [-0.05, 0) is 36.8 Å². The molecule has 0 radical (unpaired) electrons. The van der Waals surface area contributed by atoms with Gasteiger partial charge in [0.25, 0.3) is 0 Å². The summed E-state index contributed by atoms with van der Waals surface area (Å²) in [5.74, 6) is 2.32. The van der Waals surface area contributed by atoms with Crippen LogP contribution in [0, 0.1) is 0 Å². The maximum absolute atomic E-state index is 12.5. The molecule has 0 fully saturated rings. The number of thioether (sulfide) groups is 1. The summed E-state index contributed by atoms with van der Waals surface area (Å²) < 4.78 is 34.5. The van der Waals surface area contributed by atoms with E-state index in [2.05, 4.69) is 27.0 Å². The molecule has 0 unspecified atom stereocenters. The first kappa shape index (κ1) is 22.8. The lowest BCUT2D eigenvalue weighted by Crippen LogP contribution is -2.22. The van der Waals surface area contributed by atoms with Gasteiger partial charge < -0.3 is 14.3 Å². The molecule has 0 amide bonds. The summed E-state index contributed by atoms with van der Waals surface area (Å²) in [4.78, 5) is 4.99. The molecule has 32 heavy (non-hydrogen) atoms. The van der Waals surface area contributed by atoms with Crippen LogP contribution >= 0.6 is 23.1 Å². The Hall–Kier alpha value is -2.41. The summed E-state index contributed by atoms with van der Waals surface area (Å²) in [6.07, 6.45) is 2.58. The van der Waals surface area contributed by atoms with E-state index in [1.165, 1.54) is 29.7 Å². The van der Waals surface area contributed by atoms with E-state index in [1.807, 2.05) is 18.2 Å². The zero-order valence-electron chi connectivity index (χ0n) is 18.0. The zero-order valence-corrected chi connectivity index (χ0v) is 20.4. The summed E-state index contributed by atoms with van der Waals surface area (Å²) in [6, 6.07) is 8.87. The summed E-state index contributed by atoms with van der Waals surface area (Å²) >= 11 is 3.03. The minimum atomic E-state index is -3.51. The number of nitrogens with one attached hydrogen (secondary N) is 1. The molecule has 0 aliphatic rings. The number of aromatic nitrogens is 4. The molecule has 170 valence electrons. The van der Waals surface area contributed by atoms with Crippen molar-refractivity contribution in [2.75, 3.05) is 19.4 Å². The highest BCUT2D eigenvalue weighted by Crippen LogP contribution is 2.30. The van der Waals surface area contributed by atoms with E-state index in [-0.39, 0.29) is 4.90 Å². The van der Waals surface area contributed by atoms with Gasteiger partial charge in [0.15, 0.2) is 4.34 Å². The maximum atomic E-state index is 12.5. The van der Waals surface area contributed by atoms with Gasteiger partial charge in [0.1, 0.15) is 11.6 Å². The van der Waals surface area contributed by atoms with Crippen LogP contribution in [0.4, 0.5) is 5.13 Å². The number of anilines is 1. The first-order valence-corrected chi connectivity index (χ1v) is 13.3. The molecular formula is C20H24N6O3S3. The molecule has 12 heteroatoms. The van der Waals surface area contributed by atoms with Crippen molar-refractivity contribution >= 4 is 49.3 Å². The first-order valence-electron chi connectivity index (χ1n) is 10.0. The second-order valence-corrected chi connectivity index (χ2v) is 11.6. The minimum Gasteiger partial charge on any atom is -0.467 e. The number of rotatable bonds is 10. The Labute approximate surface area is 194 Å². The predicted molar refractivity (Wildman–Crippen MR) is 126 cm³/mol. The largest absolute Gasteiger partial charge is 0.467 e. The van der Waals surface area contributed by atoms with Gasteiger partial charge in [-0.1, -0.05) is 30.0 Å². The quantitative estimate of drug-likeness (QED) is 0.331. The van der Waals surface area contributed by atoms with Crippen LogP contribution in [-0.4, -0.2) is 46.6 Å². The Kier molecular flexibility index (Phi) is 6.84.